The quantitative estimate of drug-likeness (QED) is 0.570. The molecule has 1 amide bonds. The summed E-state index contributed by atoms with van der Waals surface area (Å²) in [6.07, 6.45) is 9.86. The Morgan fingerprint density at radius 2 is 2.13 bits per heavy atom. The molecular formula is C20H28N4O5S. The van der Waals surface area contributed by atoms with E-state index in [0.717, 1.165) is 56.4 Å². The van der Waals surface area contributed by atoms with E-state index < -0.39 is 15.9 Å². The summed E-state index contributed by atoms with van der Waals surface area (Å²) >= 11 is 0. The zero-order valence-corrected chi connectivity index (χ0v) is 17.9. The normalized spacial score (nSPS) is 16.9. The van der Waals surface area contributed by atoms with Crippen LogP contribution in [0.2, 0.25) is 0 Å². The van der Waals surface area contributed by atoms with Gasteiger partial charge in [0.25, 0.3) is 0 Å². The third-order valence-corrected chi connectivity index (χ3v) is 5.31. The number of carbonyl (C=O) groups excluding carboxylic acids is 1. The molecule has 3 heterocycles. The van der Waals surface area contributed by atoms with Crippen LogP contribution in [0.4, 0.5) is 0 Å². The Morgan fingerprint density at radius 1 is 1.27 bits per heavy atom. The number of amides is 1. The Hall–Kier alpha value is -2.46. The van der Waals surface area contributed by atoms with E-state index in [1.807, 2.05) is 27.6 Å². The molecule has 10 heteroatoms. The van der Waals surface area contributed by atoms with Crippen LogP contribution in [0.1, 0.15) is 51.2 Å². The van der Waals surface area contributed by atoms with Crippen LogP contribution in [-0.2, 0) is 19.6 Å². The molecule has 2 aromatic rings. The molecule has 1 atom stereocenters. The highest BCUT2D eigenvalue weighted by Gasteiger charge is 2.20. The first kappa shape index (κ1) is 22.2. The number of hydrogen-bond donors (Lipinski definition) is 1. The standard InChI is InChI=1S/C20H28N4O5S/c1-30(26,27)23-19(25)7-3-2-5-13-28-16-9-10-17(21-15-16)18-11-12-22-24(18)20-8-4-6-14-29-20/h9-12,15,20H,2-8,13-14H2,1H3,(H,23,25). The molecule has 9 nitrogen and oxygen atoms in total. The van der Waals surface area contributed by atoms with Gasteiger partial charge in [-0.1, -0.05) is 0 Å². The highest BCUT2D eigenvalue weighted by Crippen LogP contribution is 2.27. The predicted octanol–water partition coefficient (Wildman–Crippen LogP) is 2.66. The first-order chi connectivity index (χ1) is 14.4. The molecule has 1 aliphatic rings. The summed E-state index contributed by atoms with van der Waals surface area (Å²) < 4.78 is 37.3. The van der Waals surface area contributed by atoms with Gasteiger partial charge >= 0.3 is 0 Å². The Kier molecular flexibility index (Phi) is 7.81. The Balaban J connectivity index is 1.41. The maximum atomic E-state index is 11.4. The number of hydrogen-bond acceptors (Lipinski definition) is 7. The Labute approximate surface area is 176 Å². The van der Waals surface area contributed by atoms with Crippen molar-refractivity contribution in [3.05, 3.63) is 30.6 Å². The lowest BCUT2D eigenvalue weighted by molar-refractivity contribution is -0.119. The van der Waals surface area contributed by atoms with Crippen molar-refractivity contribution in [2.75, 3.05) is 19.5 Å². The Morgan fingerprint density at radius 3 is 2.83 bits per heavy atom. The molecule has 3 rings (SSSR count). The lowest BCUT2D eigenvalue weighted by Gasteiger charge is -2.24. The van der Waals surface area contributed by atoms with E-state index >= 15 is 0 Å². The number of nitrogens with one attached hydrogen (secondary N) is 1. The molecule has 0 spiro atoms. The molecule has 0 aromatic carbocycles. The number of pyridine rings is 1. The fourth-order valence-electron chi connectivity index (χ4n) is 3.29. The highest BCUT2D eigenvalue weighted by molar-refractivity contribution is 7.89. The molecule has 1 aliphatic heterocycles. The monoisotopic (exact) mass is 436 g/mol. The molecule has 0 aliphatic carbocycles. The Bertz CT molecular complexity index is 921. The minimum absolute atomic E-state index is 0.0407. The topological polar surface area (TPSA) is 112 Å². The van der Waals surface area contributed by atoms with Gasteiger partial charge in [-0.25, -0.2) is 13.1 Å². The van der Waals surface area contributed by atoms with Gasteiger partial charge in [-0.3, -0.25) is 14.5 Å². The van der Waals surface area contributed by atoms with Crippen molar-refractivity contribution in [2.24, 2.45) is 0 Å². The van der Waals surface area contributed by atoms with Crippen LogP contribution in [-0.4, -0.2) is 48.6 Å². The molecular weight excluding hydrogens is 408 g/mol. The average molecular weight is 437 g/mol. The maximum Gasteiger partial charge on any atom is 0.233 e. The van der Waals surface area contributed by atoms with Crippen LogP contribution in [0.3, 0.4) is 0 Å². The average Bonchev–Trinajstić information content (AvgIpc) is 3.20. The summed E-state index contributed by atoms with van der Waals surface area (Å²) in [5.41, 5.74) is 1.73. The largest absolute Gasteiger partial charge is 0.492 e. The van der Waals surface area contributed by atoms with Gasteiger partial charge in [0.05, 0.1) is 30.4 Å². The molecule has 30 heavy (non-hydrogen) atoms. The van der Waals surface area contributed by atoms with Crippen LogP contribution >= 0.6 is 0 Å². The zero-order valence-electron chi connectivity index (χ0n) is 17.1. The number of sulfonamides is 1. The van der Waals surface area contributed by atoms with Crippen LogP contribution in [0.5, 0.6) is 5.75 Å². The third-order valence-electron chi connectivity index (χ3n) is 4.71. The fourth-order valence-corrected chi connectivity index (χ4v) is 3.81. The van der Waals surface area contributed by atoms with Gasteiger partial charge in [-0.15, -0.1) is 0 Å². The molecule has 1 N–H and O–H groups in total. The fraction of sp³-hybridized carbons (Fsp3) is 0.550. The predicted molar refractivity (Wildman–Crippen MR) is 111 cm³/mol. The molecule has 164 valence electrons. The van der Waals surface area contributed by atoms with Gasteiger partial charge in [0.2, 0.25) is 15.9 Å². The second-order valence-corrected chi connectivity index (χ2v) is 9.07. The van der Waals surface area contributed by atoms with E-state index in [9.17, 15) is 13.2 Å². The van der Waals surface area contributed by atoms with Crippen molar-refractivity contribution in [1.82, 2.24) is 19.5 Å². The van der Waals surface area contributed by atoms with E-state index in [1.165, 1.54) is 0 Å². The SMILES string of the molecule is CS(=O)(=O)NC(=O)CCCCCOc1ccc(-c2ccnn2C2CCCCO2)nc1. The van der Waals surface area contributed by atoms with Crippen molar-refractivity contribution in [1.29, 1.82) is 0 Å². The zero-order chi connectivity index (χ0) is 21.4. The summed E-state index contributed by atoms with van der Waals surface area (Å²) in [7, 11) is -3.48. The summed E-state index contributed by atoms with van der Waals surface area (Å²) in [5, 5.41) is 4.41. The lowest BCUT2D eigenvalue weighted by Crippen LogP contribution is -2.28. The minimum Gasteiger partial charge on any atom is -0.492 e. The number of carbonyl (C=O) groups is 1. The van der Waals surface area contributed by atoms with Crippen LogP contribution in [0, 0.1) is 0 Å². The van der Waals surface area contributed by atoms with Gasteiger partial charge in [0, 0.05) is 19.2 Å². The van der Waals surface area contributed by atoms with Gasteiger partial charge in [-0.05, 0) is 56.7 Å². The van der Waals surface area contributed by atoms with Gasteiger partial charge in [0.1, 0.15) is 5.75 Å². The lowest BCUT2D eigenvalue weighted by atomic mass is 10.2. The number of nitrogens with zero attached hydrogens (tertiary/aromatic N) is 3. The van der Waals surface area contributed by atoms with Gasteiger partial charge in [-0.2, -0.15) is 5.10 Å². The molecule has 0 radical (unpaired) electrons. The van der Waals surface area contributed by atoms with Gasteiger partial charge < -0.3 is 9.47 Å². The summed E-state index contributed by atoms with van der Waals surface area (Å²) in [4.78, 5) is 15.9. The van der Waals surface area contributed by atoms with Crippen LogP contribution in [0.15, 0.2) is 30.6 Å². The van der Waals surface area contributed by atoms with Gasteiger partial charge in [0.15, 0.2) is 6.23 Å². The van der Waals surface area contributed by atoms with Crippen molar-refractivity contribution in [3.8, 4) is 17.1 Å². The molecule has 1 unspecified atom stereocenters. The molecule has 2 aromatic heterocycles. The first-order valence-corrected chi connectivity index (χ1v) is 12.1. The van der Waals surface area contributed by atoms with E-state index in [-0.39, 0.29) is 12.6 Å². The second kappa shape index (κ2) is 10.5. The third kappa shape index (κ3) is 6.81. The van der Waals surface area contributed by atoms with Crippen molar-refractivity contribution >= 4 is 15.9 Å². The van der Waals surface area contributed by atoms with E-state index in [4.69, 9.17) is 9.47 Å². The molecule has 0 saturated carbocycles. The smallest absolute Gasteiger partial charge is 0.233 e. The van der Waals surface area contributed by atoms with Crippen molar-refractivity contribution in [3.63, 3.8) is 0 Å². The molecule has 1 fully saturated rings. The second-order valence-electron chi connectivity index (χ2n) is 7.32. The maximum absolute atomic E-state index is 11.4. The van der Waals surface area contributed by atoms with Crippen LogP contribution < -0.4 is 9.46 Å². The summed E-state index contributed by atoms with van der Waals surface area (Å²) in [6.45, 7) is 1.26. The molecule has 0 bridgehead atoms. The highest BCUT2D eigenvalue weighted by atomic mass is 32.2. The van der Waals surface area contributed by atoms with E-state index in [1.54, 1.807) is 12.4 Å². The summed E-state index contributed by atoms with van der Waals surface area (Å²) in [6, 6.07) is 5.71. The number of aromatic nitrogens is 3. The number of rotatable bonds is 10. The number of ether oxygens (including phenoxy) is 2. The molecule has 1 saturated heterocycles. The van der Waals surface area contributed by atoms with Crippen molar-refractivity contribution < 1.29 is 22.7 Å². The first-order valence-electron chi connectivity index (χ1n) is 10.2. The van der Waals surface area contributed by atoms with Crippen molar-refractivity contribution in [2.45, 2.75) is 51.2 Å². The van der Waals surface area contributed by atoms with Crippen LogP contribution in [0.25, 0.3) is 11.4 Å². The summed E-state index contributed by atoms with van der Waals surface area (Å²) in [5.74, 6) is 0.199. The van der Waals surface area contributed by atoms with E-state index in [0.29, 0.717) is 18.8 Å². The minimum atomic E-state index is -3.48. The van der Waals surface area contributed by atoms with E-state index in [2.05, 4.69) is 10.1 Å². The number of unbranched alkanes of at least 4 members (excludes halogenated alkanes) is 2.